The van der Waals surface area contributed by atoms with E-state index in [1.165, 1.54) is 6.07 Å². The lowest BCUT2D eigenvalue weighted by molar-refractivity contribution is 0.0660. The third-order valence-corrected chi connectivity index (χ3v) is 2.07. The molecule has 0 saturated carbocycles. The number of aromatic nitrogens is 1. The van der Waals surface area contributed by atoms with Gasteiger partial charge in [0, 0.05) is 0 Å². The van der Waals surface area contributed by atoms with Crippen LogP contribution in [0.25, 0.3) is 0 Å². The zero-order valence-electron chi connectivity index (χ0n) is 8.68. The number of hydrogen-bond donors (Lipinski definition) is 2. The van der Waals surface area contributed by atoms with E-state index < -0.39 is 11.8 Å². The number of carboxylic acids is 1. The van der Waals surface area contributed by atoms with Crippen LogP contribution in [0.4, 0.5) is 10.1 Å². The third kappa shape index (κ3) is 2.60. The van der Waals surface area contributed by atoms with Crippen LogP contribution in [0.15, 0.2) is 34.9 Å². The maximum atomic E-state index is 13.2. The summed E-state index contributed by atoms with van der Waals surface area (Å²) in [6.07, 6.45) is 1.11. The molecule has 2 rings (SSSR count). The highest BCUT2D eigenvalue weighted by Crippen LogP contribution is 2.13. The first-order valence-corrected chi connectivity index (χ1v) is 4.83. The summed E-state index contributed by atoms with van der Waals surface area (Å²) in [5.41, 5.74) is 0.308. The van der Waals surface area contributed by atoms with E-state index in [-0.39, 0.29) is 18.2 Å². The van der Waals surface area contributed by atoms with Gasteiger partial charge >= 0.3 is 5.97 Å². The number of nitrogens with one attached hydrogen (secondary N) is 1. The average Bonchev–Trinajstić information content (AvgIpc) is 2.77. The molecule has 0 bridgehead atoms. The van der Waals surface area contributed by atoms with Gasteiger partial charge in [-0.2, -0.15) is 0 Å². The molecule has 2 N–H and O–H groups in total. The summed E-state index contributed by atoms with van der Waals surface area (Å²) < 4.78 is 18.1. The van der Waals surface area contributed by atoms with Crippen LogP contribution in [0.1, 0.15) is 16.4 Å². The van der Waals surface area contributed by atoms with Crippen molar-refractivity contribution in [1.29, 1.82) is 0 Å². The molecule has 0 radical (unpaired) electrons. The number of halogens is 1. The first kappa shape index (κ1) is 11.1. The molecule has 1 aromatic carbocycles. The molecule has 0 unspecified atom stereocenters. The van der Waals surface area contributed by atoms with Gasteiger partial charge in [0.05, 0.1) is 18.4 Å². The monoisotopic (exact) mass is 236 g/mol. The Morgan fingerprint density at radius 1 is 1.47 bits per heavy atom. The van der Waals surface area contributed by atoms with Crippen molar-refractivity contribution < 1.29 is 18.7 Å². The number of aromatic carboxylic acids is 1. The van der Waals surface area contributed by atoms with Gasteiger partial charge in [-0.15, -0.1) is 0 Å². The largest absolute Gasteiger partial charge is 0.475 e. The fraction of sp³-hybridized carbons (Fsp3) is 0.0909. The van der Waals surface area contributed by atoms with Crippen LogP contribution in [-0.4, -0.2) is 16.1 Å². The van der Waals surface area contributed by atoms with Crippen molar-refractivity contribution in [2.75, 3.05) is 5.32 Å². The lowest BCUT2D eigenvalue weighted by Crippen LogP contribution is -2.01. The average molecular weight is 236 g/mol. The van der Waals surface area contributed by atoms with Crippen molar-refractivity contribution in [1.82, 2.24) is 4.98 Å². The van der Waals surface area contributed by atoms with Crippen LogP contribution in [0, 0.1) is 5.82 Å². The predicted molar refractivity (Wildman–Crippen MR) is 57.2 cm³/mol. The van der Waals surface area contributed by atoms with E-state index in [4.69, 9.17) is 9.52 Å². The van der Waals surface area contributed by atoms with E-state index in [1.54, 1.807) is 18.2 Å². The minimum atomic E-state index is -1.19. The van der Waals surface area contributed by atoms with Gasteiger partial charge in [0.2, 0.25) is 11.7 Å². The molecular weight excluding hydrogens is 227 g/mol. The number of rotatable bonds is 4. The molecule has 0 aliphatic heterocycles. The van der Waals surface area contributed by atoms with Crippen LogP contribution in [-0.2, 0) is 6.54 Å². The van der Waals surface area contributed by atoms with Gasteiger partial charge in [-0.3, -0.25) is 0 Å². The number of para-hydroxylation sites is 1. The van der Waals surface area contributed by atoms with Crippen LogP contribution in [0.3, 0.4) is 0 Å². The minimum Gasteiger partial charge on any atom is -0.475 e. The van der Waals surface area contributed by atoms with Crippen LogP contribution in [0.5, 0.6) is 0 Å². The molecule has 17 heavy (non-hydrogen) atoms. The van der Waals surface area contributed by atoms with E-state index in [1.807, 2.05) is 0 Å². The zero-order chi connectivity index (χ0) is 12.3. The van der Waals surface area contributed by atoms with Gasteiger partial charge in [0.1, 0.15) is 5.82 Å². The molecule has 0 aliphatic carbocycles. The Labute approximate surface area is 95.9 Å². The molecule has 88 valence electrons. The van der Waals surface area contributed by atoms with Crippen LogP contribution < -0.4 is 5.32 Å². The summed E-state index contributed by atoms with van der Waals surface area (Å²) in [7, 11) is 0. The zero-order valence-corrected chi connectivity index (χ0v) is 8.68. The number of carboxylic acid groups (broad SMARTS) is 1. The maximum Gasteiger partial charge on any atom is 0.373 e. The number of nitrogens with zero attached hydrogens (tertiary/aromatic N) is 1. The molecule has 0 aliphatic rings. The Hall–Kier alpha value is -2.37. The summed E-state index contributed by atoms with van der Waals surface area (Å²) >= 11 is 0. The fourth-order valence-corrected chi connectivity index (χ4v) is 1.27. The van der Waals surface area contributed by atoms with Crippen molar-refractivity contribution in [3.8, 4) is 0 Å². The Morgan fingerprint density at radius 2 is 2.24 bits per heavy atom. The van der Waals surface area contributed by atoms with Crippen molar-refractivity contribution in [2.24, 2.45) is 0 Å². The van der Waals surface area contributed by atoms with Crippen LogP contribution in [0.2, 0.25) is 0 Å². The second-order valence-corrected chi connectivity index (χ2v) is 3.26. The number of hydrogen-bond acceptors (Lipinski definition) is 4. The van der Waals surface area contributed by atoms with Crippen molar-refractivity contribution in [3.05, 3.63) is 47.9 Å². The second-order valence-electron chi connectivity index (χ2n) is 3.26. The van der Waals surface area contributed by atoms with Crippen LogP contribution >= 0.6 is 0 Å². The summed E-state index contributed by atoms with van der Waals surface area (Å²) in [5, 5.41) is 11.4. The molecule has 1 heterocycles. The predicted octanol–water partition coefficient (Wildman–Crippen LogP) is 2.12. The SMILES string of the molecule is O=C(O)c1cnc(CNc2ccccc2F)o1. The van der Waals surface area contributed by atoms with Crippen molar-refractivity contribution >= 4 is 11.7 Å². The van der Waals surface area contributed by atoms with Gasteiger partial charge in [-0.25, -0.2) is 14.2 Å². The molecule has 0 fully saturated rings. The van der Waals surface area contributed by atoms with Crippen molar-refractivity contribution in [3.63, 3.8) is 0 Å². The standard InChI is InChI=1S/C11H9FN2O3/c12-7-3-1-2-4-8(7)13-6-10-14-5-9(17-10)11(15)16/h1-5,13H,6H2,(H,15,16). The van der Waals surface area contributed by atoms with Crippen molar-refractivity contribution in [2.45, 2.75) is 6.54 Å². The van der Waals surface area contributed by atoms with Gasteiger partial charge in [-0.05, 0) is 12.1 Å². The molecule has 0 spiro atoms. The molecule has 0 atom stereocenters. The molecule has 1 aromatic heterocycles. The number of anilines is 1. The Balaban J connectivity index is 2.02. The molecule has 5 nitrogen and oxygen atoms in total. The Kier molecular flexibility index (Phi) is 3.04. The fourth-order valence-electron chi connectivity index (χ4n) is 1.27. The number of carbonyl (C=O) groups is 1. The van der Waals surface area contributed by atoms with E-state index >= 15 is 0 Å². The topological polar surface area (TPSA) is 75.4 Å². The Bertz CT molecular complexity index is 539. The highest BCUT2D eigenvalue weighted by molar-refractivity contribution is 5.83. The highest BCUT2D eigenvalue weighted by Gasteiger charge is 2.10. The summed E-state index contributed by atoms with van der Waals surface area (Å²) in [6, 6.07) is 6.15. The maximum absolute atomic E-state index is 13.2. The quantitative estimate of drug-likeness (QED) is 0.850. The lowest BCUT2D eigenvalue weighted by atomic mass is 10.3. The third-order valence-electron chi connectivity index (χ3n) is 2.07. The van der Waals surface area contributed by atoms with Gasteiger partial charge in [0.25, 0.3) is 0 Å². The Morgan fingerprint density at radius 3 is 2.88 bits per heavy atom. The molecule has 0 amide bonds. The molecule has 6 heteroatoms. The summed E-state index contributed by atoms with van der Waals surface area (Å²) in [4.78, 5) is 14.3. The molecule has 2 aromatic rings. The van der Waals surface area contributed by atoms with E-state index in [0.717, 1.165) is 6.20 Å². The van der Waals surface area contributed by atoms with E-state index in [9.17, 15) is 9.18 Å². The summed E-state index contributed by atoms with van der Waals surface area (Å²) in [6.45, 7) is 0.119. The van der Waals surface area contributed by atoms with E-state index in [0.29, 0.717) is 5.69 Å². The first-order valence-electron chi connectivity index (χ1n) is 4.83. The minimum absolute atomic E-state index is 0.119. The van der Waals surface area contributed by atoms with Gasteiger partial charge < -0.3 is 14.8 Å². The normalized spacial score (nSPS) is 10.2. The molecular formula is C11H9FN2O3. The second kappa shape index (κ2) is 4.65. The van der Waals surface area contributed by atoms with Gasteiger partial charge in [-0.1, -0.05) is 12.1 Å². The molecule has 0 saturated heterocycles. The highest BCUT2D eigenvalue weighted by atomic mass is 19.1. The lowest BCUT2D eigenvalue weighted by Gasteiger charge is -2.03. The first-order chi connectivity index (χ1) is 8.16. The number of oxazole rings is 1. The van der Waals surface area contributed by atoms with E-state index in [2.05, 4.69) is 10.3 Å². The van der Waals surface area contributed by atoms with Gasteiger partial charge in [0.15, 0.2) is 0 Å². The summed E-state index contributed by atoms with van der Waals surface area (Å²) in [5.74, 6) is -1.63. The number of benzene rings is 1. The smallest absolute Gasteiger partial charge is 0.373 e.